The molecule has 0 saturated heterocycles. The lowest BCUT2D eigenvalue weighted by atomic mass is 10.1. The molecule has 0 fully saturated rings. The SMILES string of the molecule is COc1ccc2cc(CNC(=O)C=Cc3ccc(-n4ccnc4)cc3)ccc2c1. The Balaban J connectivity index is 1.35. The second kappa shape index (κ2) is 8.44. The largest absolute Gasteiger partial charge is 0.497 e. The average molecular weight is 383 g/mol. The number of amides is 1. The Morgan fingerprint density at radius 3 is 2.62 bits per heavy atom. The summed E-state index contributed by atoms with van der Waals surface area (Å²) >= 11 is 0. The summed E-state index contributed by atoms with van der Waals surface area (Å²) in [5, 5.41) is 5.15. The van der Waals surface area contributed by atoms with Crippen molar-refractivity contribution in [1.82, 2.24) is 14.9 Å². The van der Waals surface area contributed by atoms with Crippen LogP contribution in [0.3, 0.4) is 0 Å². The molecule has 0 aliphatic heterocycles. The first-order valence-corrected chi connectivity index (χ1v) is 9.32. The van der Waals surface area contributed by atoms with Gasteiger partial charge in [0, 0.05) is 30.7 Å². The molecule has 0 unspecified atom stereocenters. The number of ether oxygens (including phenoxy) is 1. The first kappa shape index (κ1) is 18.5. The number of nitrogens with zero attached hydrogens (tertiary/aromatic N) is 2. The van der Waals surface area contributed by atoms with Crippen molar-refractivity contribution in [2.45, 2.75) is 6.54 Å². The predicted molar refractivity (Wildman–Crippen MR) is 115 cm³/mol. The molecule has 0 atom stereocenters. The lowest BCUT2D eigenvalue weighted by molar-refractivity contribution is -0.116. The zero-order valence-corrected chi connectivity index (χ0v) is 16.1. The number of nitrogens with one attached hydrogen (secondary N) is 1. The molecule has 0 aliphatic carbocycles. The number of carbonyl (C=O) groups is 1. The summed E-state index contributed by atoms with van der Waals surface area (Å²) in [5.74, 6) is 0.709. The van der Waals surface area contributed by atoms with E-state index in [4.69, 9.17) is 4.74 Å². The Labute approximate surface area is 169 Å². The third-order valence-electron chi connectivity index (χ3n) is 4.70. The van der Waals surface area contributed by atoms with Crippen molar-refractivity contribution >= 4 is 22.8 Å². The fourth-order valence-electron chi connectivity index (χ4n) is 3.10. The lowest BCUT2D eigenvalue weighted by Gasteiger charge is -2.06. The molecule has 0 bridgehead atoms. The summed E-state index contributed by atoms with van der Waals surface area (Å²) in [6.07, 6.45) is 8.74. The molecule has 4 rings (SSSR count). The van der Waals surface area contributed by atoms with Gasteiger partial charge in [-0.05, 0) is 58.3 Å². The van der Waals surface area contributed by atoms with Gasteiger partial charge in [-0.25, -0.2) is 4.98 Å². The van der Waals surface area contributed by atoms with Gasteiger partial charge in [-0.15, -0.1) is 0 Å². The number of hydrogen-bond acceptors (Lipinski definition) is 3. The van der Waals surface area contributed by atoms with Gasteiger partial charge in [0.2, 0.25) is 5.91 Å². The molecule has 1 heterocycles. The van der Waals surface area contributed by atoms with Crippen molar-refractivity contribution in [2.75, 3.05) is 7.11 Å². The molecule has 0 aliphatic rings. The van der Waals surface area contributed by atoms with Crippen molar-refractivity contribution in [2.24, 2.45) is 0 Å². The van der Waals surface area contributed by atoms with Crippen LogP contribution in [0, 0.1) is 0 Å². The topological polar surface area (TPSA) is 56.1 Å². The van der Waals surface area contributed by atoms with Crippen LogP contribution in [0.25, 0.3) is 22.5 Å². The molecule has 0 radical (unpaired) electrons. The van der Waals surface area contributed by atoms with Crippen LogP contribution in [0.1, 0.15) is 11.1 Å². The summed E-state index contributed by atoms with van der Waals surface area (Å²) in [4.78, 5) is 16.2. The zero-order chi connectivity index (χ0) is 20.1. The summed E-state index contributed by atoms with van der Waals surface area (Å²) in [5.41, 5.74) is 3.04. The highest BCUT2D eigenvalue weighted by Gasteiger charge is 2.01. The first-order valence-electron chi connectivity index (χ1n) is 9.32. The number of hydrogen-bond donors (Lipinski definition) is 1. The van der Waals surface area contributed by atoms with Crippen molar-refractivity contribution in [3.05, 3.63) is 96.6 Å². The van der Waals surface area contributed by atoms with Gasteiger partial charge in [0.15, 0.2) is 0 Å². The molecule has 1 aromatic heterocycles. The number of methoxy groups -OCH3 is 1. The van der Waals surface area contributed by atoms with Gasteiger partial charge in [-0.2, -0.15) is 0 Å². The van der Waals surface area contributed by atoms with Gasteiger partial charge in [-0.1, -0.05) is 30.3 Å². The Hall–Kier alpha value is -3.86. The van der Waals surface area contributed by atoms with Crippen LogP contribution in [-0.4, -0.2) is 22.6 Å². The second-order valence-corrected chi connectivity index (χ2v) is 6.66. The smallest absolute Gasteiger partial charge is 0.244 e. The monoisotopic (exact) mass is 383 g/mol. The van der Waals surface area contributed by atoms with Crippen LogP contribution in [0.15, 0.2) is 85.5 Å². The van der Waals surface area contributed by atoms with Gasteiger partial charge in [0.1, 0.15) is 5.75 Å². The van der Waals surface area contributed by atoms with E-state index in [9.17, 15) is 4.79 Å². The molecule has 0 saturated carbocycles. The quantitative estimate of drug-likeness (QED) is 0.503. The van der Waals surface area contributed by atoms with E-state index in [1.165, 1.54) is 0 Å². The minimum atomic E-state index is -0.126. The highest BCUT2D eigenvalue weighted by Crippen LogP contribution is 2.21. The van der Waals surface area contributed by atoms with Crippen LogP contribution in [0.2, 0.25) is 0 Å². The maximum Gasteiger partial charge on any atom is 0.244 e. The number of imidazole rings is 1. The fraction of sp³-hybridized carbons (Fsp3) is 0.0833. The number of benzene rings is 3. The van der Waals surface area contributed by atoms with Crippen molar-refractivity contribution in [3.8, 4) is 11.4 Å². The van der Waals surface area contributed by atoms with Crippen molar-refractivity contribution in [3.63, 3.8) is 0 Å². The highest BCUT2D eigenvalue weighted by molar-refractivity contribution is 5.91. The van der Waals surface area contributed by atoms with E-state index < -0.39 is 0 Å². The predicted octanol–water partition coefficient (Wildman–Crippen LogP) is 4.36. The Morgan fingerprint density at radius 1 is 1.07 bits per heavy atom. The van der Waals surface area contributed by atoms with Crippen LogP contribution in [0.4, 0.5) is 0 Å². The number of fused-ring (bicyclic) bond motifs is 1. The molecule has 29 heavy (non-hydrogen) atoms. The van der Waals surface area contributed by atoms with Gasteiger partial charge in [-0.3, -0.25) is 4.79 Å². The third kappa shape index (κ3) is 4.52. The molecular formula is C24H21N3O2. The van der Waals surface area contributed by atoms with E-state index in [0.29, 0.717) is 6.54 Å². The van der Waals surface area contributed by atoms with E-state index in [1.54, 1.807) is 31.8 Å². The normalized spacial score (nSPS) is 11.1. The minimum absolute atomic E-state index is 0.126. The van der Waals surface area contributed by atoms with E-state index in [2.05, 4.69) is 16.4 Å². The molecule has 1 N–H and O–H groups in total. The molecule has 3 aromatic carbocycles. The summed E-state index contributed by atoms with van der Waals surface area (Å²) < 4.78 is 7.18. The van der Waals surface area contributed by atoms with Gasteiger partial charge in [0.05, 0.1) is 13.4 Å². The van der Waals surface area contributed by atoms with Crippen LogP contribution >= 0.6 is 0 Å². The maximum absolute atomic E-state index is 12.2. The highest BCUT2D eigenvalue weighted by atomic mass is 16.5. The van der Waals surface area contributed by atoms with E-state index in [-0.39, 0.29) is 5.91 Å². The summed E-state index contributed by atoms with van der Waals surface area (Å²) in [6, 6.07) is 20.0. The standard InChI is InChI=1S/C24H21N3O2/c1-29-23-10-7-20-14-19(2-6-21(20)15-23)16-26-24(28)11-5-18-3-8-22(9-4-18)27-13-12-25-17-27/h2-15,17H,16H2,1H3,(H,26,28). The molecule has 5 heteroatoms. The molecule has 5 nitrogen and oxygen atoms in total. The average Bonchev–Trinajstić information content (AvgIpc) is 3.31. The maximum atomic E-state index is 12.2. The number of aromatic nitrogens is 2. The van der Waals surface area contributed by atoms with E-state index in [1.807, 2.05) is 65.4 Å². The zero-order valence-electron chi connectivity index (χ0n) is 16.1. The fourth-order valence-corrected chi connectivity index (χ4v) is 3.10. The van der Waals surface area contributed by atoms with Crippen LogP contribution < -0.4 is 10.1 Å². The van der Waals surface area contributed by atoms with Gasteiger partial charge >= 0.3 is 0 Å². The molecule has 144 valence electrons. The minimum Gasteiger partial charge on any atom is -0.497 e. The van der Waals surface area contributed by atoms with Crippen LogP contribution in [0.5, 0.6) is 5.75 Å². The Kier molecular flexibility index (Phi) is 5.38. The van der Waals surface area contributed by atoms with Crippen LogP contribution in [-0.2, 0) is 11.3 Å². The van der Waals surface area contributed by atoms with E-state index in [0.717, 1.165) is 33.3 Å². The van der Waals surface area contributed by atoms with Gasteiger partial charge < -0.3 is 14.6 Å². The van der Waals surface area contributed by atoms with E-state index >= 15 is 0 Å². The number of rotatable bonds is 6. The Morgan fingerprint density at radius 2 is 1.86 bits per heavy atom. The van der Waals surface area contributed by atoms with Gasteiger partial charge in [0.25, 0.3) is 0 Å². The van der Waals surface area contributed by atoms with Crippen molar-refractivity contribution in [1.29, 1.82) is 0 Å². The third-order valence-corrected chi connectivity index (χ3v) is 4.70. The lowest BCUT2D eigenvalue weighted by Crippen LogP contribution is -2.20. The van der Waals surface area contributed by atoms with Crippen molar-refractivity contribution < 1.29 is 9.53 Å². The molecule has 0 spiro atoms. The summed E-state index contributed by atoms with van der Waals surface area (Å²) in [6.45, 7) is 0.477. The number of carbonyl (C=O) groups excluding carboxylic acids is 1. The summed E-state index contributed by atoms with van der Waals surface area (Å²) in [7, 11) is 1.66. The molecular weight excluding hydrogens is 362 g/mol. The Bertz CT molecular complexity index is 1150. The molecule has 4 aromatic rings. The second-order valence-electron chi connectivity index (χ2n) is 6.66. The first-order chi connectivity index (χ1) is 14.2. The molecule has 1 amide bonds.